The summed E-state index contributed by atoms with van der Waals surface area (Å²) in [6, 6.07) is 5.02. The van der Waals surface area contributed by atoms with Gasteiger partial charge in [0, 0.05) is 34.1 Å². The topological polar surface area (TPSA) is 74.6 Å². The largest absolute Gasteiger partial charge is 0.478 e. The van der Waals surface area contributed by atoms with Gasteiger partial charge in [0.1, 0.15) is 0 Å². The van der Waals surface area contributed by atoms with E-state index in [1.807, 2.05) is 0 Å². The number of hydrogen-bond donors (Lipinski definition) is 2. The predicted molar refractivity (Wildman–Crippen MR) is 40.4 cm³/mol. The van der Waals surface area contributed by atoms with Crippen molar-refractivity contribution in [3.63, 3.8) is 0 Å². The van der Waals surface area contributed by atoms with Crippen LogP contribution in [0.25, 0.3) is 0 Å². The van der Waals surface area contributed by atoms with Gasteiger partial charge in [0.05, 0.1) is 11.1 Å². The van der Waals surface area contributed by atoms with Gasteiger partial charge in [-0.2, -0.15) is 0 Å². The Morgan fingerprint density at radius 3 is 1.14 bits per heavy atom. The van der Waals surface area contributed by atoms with Crippen molar-refractivity contribution in [3.05, 3.63) is 35.4 Å². The van der Waals surface area contributed by atoms with Crippen molar-refractivity contribution in [1.82, 2.24) is 0 Å². The molecule has 0 bridgehead atoms. The molecule has 0 heterocycles. The predicted octanol–water partition coefficient (Wildman–Crippen LogP) is 1.08. The summed E-state index contributed by atoms with van der Waals surface area (Å²) in [5.74, 6) is -2.13. The zero-order chi connectivity index (χ0) is 9.14. The fourth-order valence-electron chi connectivity index (χ4n) is 0.755. The Kier molecular flexibility index (Phi) is 7.41. The number of carbonyl (C=O) groups is 2. The Bertz CT molecular complexity index is 288. The van der Waals surface area contributed by atoms with E-state index in [-0.39, 0.29) is 45.3 Å². The van der Waals surface area contributed by atoms with Gasteiger partial charge < -0.3 is 10.2 Å². The smallest absolute Gasteiger partial charge is 0.335 e. The van der Waals surface area contributed by atoms with E-state index < -0.39 is 11.9 Å². The van der Waals surface area contributed by atoms with Crippen molar-refractivity contribution in [2.45, 2.75) is 0 Å². The van der Waals surface area contributed by atoms with Gasteiger partial charge in [-0.1, -0.05) is 0 Å². The third-order valence-corrected chi connectivity index (χ3v) is 1.38. The second-order valence-electron chi connectivity index (χ2n) is 2.19. The summed E-state index contributed by atoms with van der Waals surface area (Å²) < 4.78 is 0. The molecule has 0 unspecified atom stereocenters. The van der Waals surface area contributed by atoms with Crippen LogP contribution >= 0.6 is 0 Å². The van der Waals surface area contributed by atoms with Crippen molar-refractivity contribution in [3.8, 4) is 0 Å². The molecule has 2 N–H and O–H groups in total. The summed E-state index contributed by atoms with van der Waals surface area (Å²) in [7, 11) is 0. The molecule has 1 aromatic carbocycles. The number of hydrogen-bond acceptors (Lipinski definition) is 2. The van der Waals surface area contributed by atoms with Crippen LogP contribution in [-0.4, -0.2) is 22.2 Å². The molecule has 0 aliphatic rings. The number of carboxylic acids is 2. The fourth-order valence-corrected chi connectivity index (χ4v) is 0.755. The van der Waals surface area contributed by atoms with E-state index in [1.54, 1.807) is 0 Å². The molecule has 0 aromatic heterocycles. The van der Waals surface area contributed by atoms with Crippen molar-refractivity contribution in [1.29, 1.82) is 0 Å². The second-order valence-corrected chi connectivity index (χ2v) is 2.19. The van der Waals surface area contributed by atoms with E-state index in [9.17, 15) is 9.59 Å². The van der Waals surface area contributed by atoms with Crippen LogP contribution in [0.2, 0.25) is 0 Å². The molecule has 0 aliphatic heterocycles. The van der Waals surface area contributed by atoms with E-state index in [0.29, 0.717) is 0 Å². The summed E-state index contributed by atoms with van der Waals surface area (Å²) in [4.78, 5) is 20.7. The minimum absolute atomic E-state index is 0. The number of aromatic carboxylic acids is 2. The van der Waals surface area contributed by atoms with Crippen LogP contribution < -0.4 is 0 Å². The standard InChI is InChI=1S/C8H6O4.2Cu/c9-7(10)5-1-2-6(4-3-5)8(11)12;;/h1-4H,(H,9,10)(H,11,12);;. The minimum Gasteiger partial charge on any atom is -0.478 e. The molecular weight excluding hydrogens is 287 g/mol. The monoisotopic (exact) mass is 292 g/mol. The Hall–Kier alpha value is -0.801. The number of rotatable bonds is 2. The summed E-state index contributed by atoms with van der Waals surface area (Å²) in [6.07, 6.45) is 0. The molecule has 4 nitrogen and oxygen atoms in total. The van der Waals surface area contributed by atoms with Gasteiger partial charge in [-0.15, -0.1) is 0 Å². The Morgan fingerprint density at radius 2 is 1.00 bits per heavy atom. The van der Waals surface area contributed by atoms with E-state index in [0.717, 1.165) is 0 Å². The van der Waals surface area contributed by atoms with Crippen molar-refractivity contribution >= 4 is 11.9 Å². The minimum atomic E-state index is -1.06. The van der Waals surface area contributed by atoms with Gasteiger partial charge in [-0.05, 0) is 24.3 Å². The molecular formula is C8H6Cu2O4. The van der Waals surface area contributed by atoms with Gasteiger partial charge in [0.2, 0.25) is 0 Å². The molecule has 2 radical (unpaired) electrons. The van der Waals surface area contributed by atoms with Gasteiger partial charge in [0.15, 0.2) is 0 Å². The fraction of sp³-hybridized carbons (Fsp3) is 0. The van der Waals surface area contributed by atoms with Crippen LogP contribution in [0.1, 0.15) is 20.7 Å². The Labute approximate surface area is 101 Å². The Balaban J connectivity index is 0. The van der Waals surface area contributed by atoms with Crippen molar-refractivity contribution in [2.75, 3.05) is 0 Å². The van der Waals surface area contributed by atoms with E-state index in [2.05, 4.69) is 0 Å². The molecule has 0 spiro atoms. The normalized spacial score (nSPS) is 8.00. The van der Waals surface area contributed by atoms with E-state index in [1.165, 1.54) is 24.3 Å². The molecule has 0 amide bonds. The first-order valence-electron chi connectivity index (χ1n) is 3.18. The number of carboxylic acid groups (broad SMARTS) is 2. The zero-order valence-electron chi connectivity index (χ0n) is 6.62. The average molecular weight is 293 g/mol. The van der Waals surface area contributed by atoms with Crippen LogP contribution in [0.3, 0.4) is 0 Å². The molecule has 6 heteroatoms. The average Bonchev–Trinajstić information content (AvgIpc) is 2.04. The quantitative estimate of drug-likeness (QED) is 0.800. The van der Waals surface area contributed by atoms with Gasteiger partial charge >= 0.3 is 11.9 Å². The SMILES string of the molecule is O=C(O)c1ccc(C(=O)O)cc1.[Cu].[Cu]. The summed E-state index contributed by atoms with van der Waals surface area (Å²) in [6.45, 7) is 0. The van der Waals surface area contributed by atoms with Crippen LogP contribution in [0, 0.1) is 0 Å². The molecule has 84 valence electrons. The summed E-state index contributed by atoms with van der Waals surface area (Å²) in [5.41, 5.74) is 0.167. The summed E-state index contributed by atoms with van der Waals surface area (Å²) >= 11 is 0. The molecule has 0 saturated heterocycles. The van der Waals surface area contributed by atoms with Crippen LogP contribution in [0.4, 0.5) is 0 Å². The molecule has 14 heavy (non-hydrogen) atoms. The molecule has 1 aromatic rings. The van der Waals surface area contributed by atoms with Crippen molar-refractivity contribution < 1.29 is 53.9 Å². The van der Waals surface area contributed by atoms with Gasteiger partial charge in [-0.3, -0.25) is 0 Å². The third-order valence-electron chi connectivity index (χ3n) is 1.38. The van der Waals surface area contributed by atoms with Crippen LogP contribution in [-0.2, 0) is 34.1 Å². The summed E-state index contributed by atoms with van der Waals surface area (Å²) in [5, 5.41) is 16.9. The van der Waals surface area contributed by atoms with Crippen molar-refractivity contribution in [2.24, 2.45) is 0 Å². The van der Waals surface area contributed by atoms with Gasteiger partial charge in [-0.25, -0.2) is 9.59 Å². The van der Waals surface area contributed by atoms with E-state index >= 15 is 0 Å². The maximum Gasteiger partial charge on any atom is 0.335 e. The first-order chi connectivity index (χ1) is 5.61. The first kappa shape index (κ1) is 15.7. The van der Waals surface area contributed by atoms with E-state index in [4.69, 9.17) is 10.2 Å². The maximum absolute atomic E-state index is 10.3. The molecule has 0 fully saturated rings. The second kappa shape index (κ2) is 6.62. The van der Waals surface area contributed by atoms with Crippen LogP contribution in [0.15, 0.2) is 24.3 Å². The molecule has 0 atom stereocenters. The Morgan fingerprint density at radius 1 is 0.786 bits per heavy atom. The maximum atomic E-state index is 10.3. The van der Waals surface area contributed by atoms with Gasteiger partial charge in [0.25, 0.3) is 0 Å². The molecule has 0 saturated carbocycles. The van der Waals surface area contributed by atoms with Crippen LogP contribution in [0.5, 0.6) is 0 Å². The number of benzene rings is 1. The zero-order valence-corrected chi connectivity index (χ0v) is 8.51. The first-order valence-corrected chi connectivity index (χ1v) is 3.18. The third kappa shape index (κ3) is 3.94. The molecule has 1 rings (SSSR count). The molecule has 0 aliphatic carbocycles.